The van der Waals surface area contributed by atoms with Crippen LogP contribution in [0.1, 0.15) is 21.5 Å². The maximum atomic E-state index is 12.8. The number of hydrazine groups is 1. The highest BCUT2D eigenvalue weighted by atomic mass is 35.5. The number of halogens is 1. The van der Waals surface area contributed by atoms with E-state index in [-0.39, 0.29) is 10.2 Å². The van der Waals surface area contributed by atoms with Gasteiger partial charge in [0.1, 0.15) is 12.4 Å². The van der Waals surface area contributed by atoms with E-state index >= 15 is 0 Å². The standard InChI is InChI=1S/C24H17ClN2O3S2/c25-19-10-8-18(9-11-19)22(28)26-27-23(29)21(32-24(27)31)14-16-6-12-20(13-7-16)30-15-17-4-2-1-3-5-17/h1-14H,15H2,(H,26,28)/b21-14+. The molecule has 1 N–H and O–H groups in total. The first-order valence-electron chi connectivity index (χ1n) is 9.61. The number of ether oxygens (including phenoxy) is 1. The topological polar surface area (TPSA) is 58.6 Å². The average molecular weight is 481 g/mol. The van der Waals surface area contributed by atoms with Crippen LogP contribution < -0.4 is 10.2 Å². The molecule has 0 atom stereocenters. The third-order valence-electron chi connectivity index (χ3n) is 4.54. The molecule has 0 aliphatic carbocycles. The van der Waals surface area contributed by atoms with Gasteiger partial charge in [0.15, 0.2) is 4.32 Å². The van der Waals surface area contributed by atoms with E-state index in [2.05, 4.69) is 5.43 Å². The highest BCUT2D eigenvalue weighted by Gasteiger charge is 2.33. The van der Waals surface area contributed by atoms with Crippen molar-refractivity contribution in [1.82, 2.24) is 10.4 Å². The van der Waals surface area contributed by atoms with Gasteiger partial charge in [-0.25, -0.2) is 0 Å². The molecule has 0 radical (unpaired) electrons. The molecular formula is C24H17ClN2O3S2. The number of carbonyl (C=O) groups is 2. The van der Waals surface area contributed by atoms with Gasteiger partial charge in [0.05, 0.1) is 4.91 Å². The third-order valence-corrected chi connectivity index (χ3v) is 6.09. The predicted molar refractivity (Wildman–Crippen MR) is 131 cm³/mol. The molecule has 1 heterocycles. The van der Waals surface area contributed by atoms with Gasteiger partial charge in [-0.1, -0.05) is 65.8 Å². The molecule has 5 nitrogen and oxygen atoms in total. The summed E-state index contributed by atoms with van der Waals surface area (Å²) in [5.74, 6) is -0.0976. The van der Waals surface area contributed by atoms with E-state index < -0.39 is 5.91 Å². The lowest BCUT2D eigenvalue weighted by molar-refractivity contribution is -0.123. The minimum Gasteiger partial charge on any atom is -0.489 e. The number of hydrogen-bond donors (Lipinski definition) is 1. The summed E-state index contributed by atoms with van der Waals surface area (Å²) >= 11 is 12.3. The molecule has 160 valence electrons. The van der Waals surface area contributed by atoms with E-state index in [0.29, 0.717) is 22.1 Å². The van der Waals surface area contributed by atoms with E-state index in [9.17, 15) is 9.59 Å². The molecule has 0 bridgehead atoms. The van der Waals surface area contributed by atoms with Gasteiger partial charge in [-0.2, -0.15) is 5.01 Å². The second-order valence-corrected chi connectivity index (χ2v) is 8.92. The molecule has 1 aliphatic rings. The van der Waals surface area contributed by atoms with Crippen molar-refractivity contribution in [3.05, 3.63) is 105 Å². The zero-order valence-corrected chi connectivity index (χ0v) is 19.0. The lowest BCUT2D eigenvalue weighted by atomic mass is 10.2. The second kappa shape index (κ2) is 9.99. The fourth-order valence-corrected chi connectivity index (χ4v) is 4.19. The van der Waals surface area contributed by atoms with E-state index in [1.807, 2.05) is 54.6 Å². The fourth-order valence-electron chi connectivity index (χ4n) is 2.88. The summed E-state index contributed by atoms with van der Waals surface area (Å²) in [4.78, 5) is 25.6. The highest BCUT2D eigenvalue weighted by molar-refractivity contribution is 8.26. The Kier molecular flexibility index (Phi) is 6.90. The summed E-state index contributed by atoms with van der Waals surface area (Å²) in [6.07, 6.45) is 1.73. The Morgan fingerprint density at radius 2 is 1.72 bits per heavy atom. The van der Waals surface area contributed by atoms with Gasteiger partial charge in [0, 0.05) is 10.6 Å². The molecule has 0 saturated carbocycles. The Morgan fingerprint density at radius 3 is 2.41 bits per heavy atom. The minimum atomic E-state index is -0.445. The zero-order chi connectivity index (χ0) is 22.5. The summed E-state index contributed by atoms with van der Waals surface area (Å²) in [7, 11) is 0. The molecule has 32 heavy (non-hydrogen) atoms. The lowest BCUT2D eigenvalue weighted by Crippen LogP contribution is -2.44. The van der Waals surface area contributed by atoms with Crippen molar-refractivity contribution >= 4 is 57.8 Å². The molecular weight excluding hydrogens is 464 g/mol. The summed E-state index contributed by atoms with van der Waals surface area (Å²) in [5.41, 5.74) is 4.83. The van der Waals surface area contributed by atoms with Crippen LogP contribution in [0.15, 0.2) is 83.8 Å². The van der Waals surface area contributed by atoms with Gasteiger partial charge in [0.25, 0.3) is 11.8 Å². The molecule has 1 aliphatic heterocycles. The van der Waals surface area contributed by atoms with Crippen LogP contribution in [0.2, 0.25) is 5.02 Å². The van der Waals surface area contributed by atoms with Gasteiger partial charge >= 0.3 is 0 Å². The quantitative estimate of drug-likeness (QED) is 0.374. The van der Waals surface area contributed by atoms with Crippen molar-refractivity contribution < 1.29 is 14.3 Å². The molecule has 0 aromatic heterocycles. The molecule has 3 aromatic rings. The zero-order valence-electron chi connectivity index (χ0n) is 16.7. The normalized spacial score (nSPS) is 14.7. The maximum Gasteiger partial charge on any atom is 0.285 e. The van der Waals surface area contributed by atoms with E-state index in [1.54, 1.807) is 30.3 Å². The first-order valence-corrected chi connectivity index (χ1v) is 11.2. The smallest absolute Gasteiger partial charge is 0.285 e. The van der Waals surface area contributed by atoms with E-state index in [1.165, 1.54) is 0 Å². The third kappa shape index (κ3) is 5.37. The number of nitrogens with one attached hydrogen (secondary N) is 1. The predicted octanol–water partition coefficient (Wildman–Crippen LogP) is 5.47. The van der Waals surface area contributed by atoms with Crippen molar-refractivity contribution in [1.29, 1.82) is 0 Å². The monoisotopic (exact) mass is 480 g/mol. The van der Waals surface area contributed by atoms with Gasteiger partial charge in [-0.05, 0) is 65.8 Å². The largest absolute Gasteiger partial charge is 0.489 e. The van der Waals surface area contributed by atoms with Crippen molar-refractivity contribution in [3.63, 3.8) is 0 Å². The fraction of sp³-hybridized carbons (Fsp3) is 0.0417. The first kappa shape index (κ1) is 22.1. The van der Waals surface area contributed by atoms with Gasteiger partial charge in [-0.15, -0.1) is 0 Å². The Morgan fingerprint density at radius 1 is 1.03 bits per heavy atom. The molecule has 4 rings (SSSR count). The Balaban J connectivity index is 1.39. The van der Waals surface area contributed by atoms with Crippen molar-refractivity contribution in [2.24, 2.45) is 0 Å². The average Bonchev–Trinajstić information content (AvgIpc) is 3.07. The number of carbonyl (C=O) groups excluding carboxylic acids is 2. The van der Waals surface area contributed by atoms with Crippen molar-refractivity contribution in [2.75, 3.05) is 0 Å². The molecule has 0 unspecified atom stereocenters. The van der Waals surface area contributed by atoms with Crippen LogP contribution >= 0.6 is 35.6 Å². The van der Waals surface area contributed by atoms with Crippen LogP contribution in [0.3, 0.4) is 0 Å². The lowest BCUT2D eigenvalue weighted by Gasteiger charge is -2.15. The molecule has 1 fully saturated rings. The summed E-state index contributed by atoms with van der Waals surface area (Å²) in [6, 6.07) is 23.7. The van der Waals surface area contributed by atoms with E-state index in [4.69, 9.17) is 28.6 Å². The van der Waals surface area contributed by atoms with Crippen molar-refractivity contribution in [3.8, 4) is 5.75 Å². The summed E-state index contributed by atoms with van der Waals surface area (Å²) in [5, 5.41) is 1.60. The maximum absolute atomic E-state index is 12.8. The first-order chi connectivity index (χ1) is 15.5. The molecule has 2 amide bonds. The van der Waals surface area contributed by atoms with Crippen LogP contribution in [-0.2, 0) is 11.4 Å². The molecule has 0 spiro atoms. The van der Waals surface area contributed by atoms with Crippen LogP contribution in [-0.4, -0.2) is 21.1 Å². The summed E-state index contributed by atoms with van der Waals surface area (Å²) in [6.45, 7) is 0.478. The number of amides is 2. The summed E-state index contributed by atoms with van der Waals surface area (Å²) < 4.78 is 6.04. The van der Waals surface area contributed by atoms with E-state index in [0.717, 1.165) is 33.6 Å². The molecule has 1 saturated heterocycles. The van der Waals surface area contributed by atoms with Crippen molar-refractivity contribution in [2.45, 2.75) is 6.61 Å². The molecule has 8 heteroatoms. The van der Waals surface area contributed by atoms with Gasteiger partial charge in [0.2, 0.25) is 0 Å². The SMILES string of the molecule is O=C(NN1C(=O)/C(=C\c2ccc(OCc3ccccc3)cc2)SC1=S)c1ccc(Cl)cc1. The van der Waals surface area contributed by atoms with Gasteiger partial charge < -0.3 is 4.74 Å². The van der Waals surface area contributed by atoms with Crippen LogP contribution in [0.4, 0.5) is 0 Å². The minimum absolute atomic E-state index is 0.256. The number of nitrogens with zero attached hydrogens (tertiary/aromatic N) is 1. The Hall–Kier alpha value is -3.13. The van der Waals surface area contributed by atoms with Crippen LogP contribution in [0.25, 0.3) is 6.08 Å². The number of thioether (sulfide) groups is 1. The molecule has 3 aromatic carbocycles. The number of thiocarbonyl (C=S) groups is 1. The van der Waals surface area contributed by atoms with Crippen LogP contribution in [0, 0.1) is 0 Å². The van der Waals surface area contributed by atoms with Crippen LogP contribution in [0.5, 0.6) is 5.75 Å². The highest BCUT2D eigenvalue weighted by Crippen LogP contribution is 2.31. The number of hydrogen-bond acceptors (Lipinski definition) is 5. The number of benzene rings is 3. The van der Waals surface area contributed by atoms with Gasteiger partial charge in [-0.3, -0.25) is 15.0 Å². The second-order valence-electron chi connectivity index (χ2n) is 6.81. The Bertz CT molecular complexity index is 1180. The number of rotatable bonds is 6. The Labute approximate surface area is 200 Å².